The van der Waals surface area contributed by atoms with Gasteiger partial charge in [-0.1, -0.05) is 37.6 Å². The summed E-state index contributed by atoms with van der Waals surface area (Å²) in [4.78, 5) is 12.1. The summed E-state index contributed by atoms with van der Waals surface area (Å²) in [5.74, 6) is -0.136. The molecule has 0 fully saturated rings. The Bertz CT molecular complexity index is 458. The van der Waals surface area contributed by atoms with E-state index in [0.29, 0.717) is 11.1 Å². The molecular weight excluding hydrogens is 242 g/mol. The SMILES string of the molecule is CCCC(CC)NC(=O)c1cccc(C(N)=NO)c1. The lowest BCUT2D eigenvalue weighted by Gasteiger charge is -2.16. The second kappa shape index (κ2) is 7.41. The minimum atomic E-state index is -0.132. The number of hydrogen-bond acceptors (Lipinski definition) is 3. The summed E-state index contributed by atoms with van der Waals surface area (Å²) >= 11 is 0. The van der Waals surface area contributed by atoms with Crippen LogP contribution in [0.3, 0.4) is 0 Å². The van der Waals surface area contributed by atoms with Crippen LogP contribution in [0.1, 0.15) is 49.0 Å². The third-order valence-electron chi connectivity index (χ3n) is 2.99. The van der Waals surface area contributed by atoms with E-state index in [0.717, 1.165) is 19.3 Å². The molecule has 0 aromatic heterocycles. The van der Waals surface area contributed by atoms with Gasteiger partial charge in [-0.15, -0.1) is 0 Å². The molecule has 4 N–H and O–H groups in total. The van der Waals surface area contributed by atoms with Crippen molar-refractivity contribution in [3.05, 3.63) is 35.4 Å². The average Bonchev–Trinajstić information content (AvgIpc) is 2.45. The summed E-state index contributed by atoms with van der Waals surface area (Å²) < 4.78 is 0. The number of carbonyl (C=O) groups excluding carboxylic acids is 1. The molecule has 0 aliphatic rings. The summed E-state index contributed by atoms with van der Waals surface area (Å²) in [7, 11) is 0. The first-order chi connectivity index (χ1) is 9.12. The Labute approximate surface area is 113 Å². The van der Waals surface area contributed by atoms with Crippen molar-refractivity contribution in [3.8, 4) is 0 Å². The number of nitrogens with two attached hydrogens (primary N) is 1. The third kappa shape index (κ3) is 4.28. The van der Waals surface area contributed by atoms with Crippen molar-refractivity contribution in [2.75, 3.05) is 0 Å². The molecule has 0 aliphatic heterocycles. The quantitative estimate of drug-likeness (QED) is 0.318. The Morgan fingerprint density at radius 2 is 2.11 bits per heavy atom. The molecule has 0 heterocycles. The summed E-state index contributed by atoms with van der Waals surface area (Å²) in [5, 5.41) is 14.5. The molecule has 19 heavy (non-hydrogen) atoms. The van der Waals surface area contributed by atoms with Gasteiger partial charge in [0.15, 0.2) is 5.84 Å². The standard InChI is InChI=1S/C14H21N3O2/c1-3-6-12(4-2)16-14(18)11-8-5-7-10(9-11)13(15)17-19/h5,7-9,12,19H,3-4,6H2,1-2H3,(H2,15,17)(H,16,18). The Hall–Kier alpha value is -2.04. The number of amides is 1. The number of benzene rings is 1. The zero-order valence-electron chi connectivity index (χ0n) is 11.4. The lowest BCUT2D eigenvalue weighted by molar-refractivity contribution is 0.0933. The molecule has 1 rings (SSSR count). The highest BCUT2D eigenvalue weighted by atomic mass is 16.4. The van der Waals surface area contributed by atoms with Gasteiger partial charge in [0.2, 0.25) is 0 Å². The van der Waals surface area contributed by atoms with Crippen molar-refractivity contribution < 1.29 is 10.0 Å². The monoisotopic (exact) mass is 263 g/mol. The van der Waals surface area contributed by atoms with Crippen molar-refractivity contribution in [3.63, 3.8) is 0 Å². The van der Waals surface area contributed by atoms with Gasteiger partial charge in [0.25, 0.3) is 5.91 Å². The first kappa shape index (κ1) is 15.0. The van der Waals surface area contributed by atoms with Gasteiger partial charge in [-0.25, -0.2) is 0 Å². The smallest absolute Gasteiger partial charge is 0.251 e. The van der Waals surface area contributed by atoms with E-state index in [1.807, 2.05) is 6.92 Å². The Balaban J connectivity index is 2.82. The zero-order chi connectivity index (χ0) is 14.3. The Morgan fingerprint density at radius 3 is 2.68 bits per heavy atom. The van der Waals surface area contributed by atoms with Gasteiger partial charge in [0.05, 0.1) is 0 Å². The molecule has 0 aliphatic carbocycles. The van der Waals surface area contributed by atoms with E-state index in [1.54, 1.807) is 24.3 Å². The van der Waals surface area contributed by atoms with Crippen LogP contribution in [0.25, 0.3) is 0 Å². The summed E-state index contributed by atoms with van der Waals surface area (Å²) in [6.07, 6.45) is 2.89. The summed E-state index contributed by atoms with van der Waals surface area (Å²) in [5.41, 5.74) is 6.55. The second-order valence-corrected chi connectivity index (χ2v) is 4.43. The maximum absolute atomic E-state index is 12.1. The molecule has 0 saturated heterocycles. The molecule has 0 bridgehead atoms. The average molecular weight is 263 g/mol. The van der Waals surface area contributed by atoms with E-state index in [4.69, 9.17) is 10.9 Å². The van der Waals surface area contributed by atoms with Crippen molar-refractivity contribution >= 4 is 11.7 Å². The molecule has 1 amide bonds. The van der Waals surface area contributed by atoms with E-state index in [9.17, 15) is 4.79 Å². The van der Waals surface area contributed by atoms with Crippen molar-refractivity contribution in [2.24, 2.45) is 10.9 Å². The van der Waals surface area contributed by atoms with E-state index in [2.05, 4.69) is 17.4 Å². The first-order valence-corrected chi connectivity index (χ1v) is 6.51. The van der Waals surface area contributed by atoms with Crippen molar-refractivity contribution in [2.45, 2.75) is 39.2 Å². The van der Waals surface area contributed by atoms with E-state index in [1.165, 1.54) is 0 Å². The fourth-order valence-corrected chi connectivity index (χ4v) is 1.87. The molecule has 5 heteroatoms. The molecule has 1 atom stereocenters. The van der Waals surface area contributed by atoms with Crippen LogP contribution in [0.4, 0.5) is 0 Å². The highest BCUT2D eigenvalue weighted by Crippen LogP contribution is 2.07. The van der Waals surface area contributed by atoms with Gasteiger partial charge in [0, 0.05) is 17.2 Å². The molecule has 1 unspecified atom stereocenters. The van der Waals surface area contributed by atoms with Crippen LogP contribution in [0.5, 0.6) is 0 Å². The van der Waals surface area contributed by atoms with Crippen molar-refractivity contribution in [1.29, 1.82) is 0 Å². The number of rotatable bonds is 6. The maximum atomic E-state index is 12.1. The number of oxime groups is 1. The molecule has 0 spiro atoms. The number of nitrogens with one attached hydrogen (secondary N) is 1. The van der Waals surface area contributed by atoms with E-state index < -0.39 is 0 Å². The Morgan fingerprint density at radius 1 is 1.42 bits per heavy atom. The maximum Gasteiger partial charge on any atom is 0.251 e. The predicted molar refractivity (Wildman–Crippen MR) is 75.4 cm³/mol. The van der Waals surface area contributed by atoms with E-state index in [-0.39, 0.29) is 17.8 Å². The minimum absolute atomic E-state index is 0.00440. The lowest BCUT2D eigenvalue weighted by atomic mass is 10.1. The van der Waals surface area contributed by atoms with Gasteiger partial charge in [-0.3, -0.25) is 4.79 Å². The molecule has 0 radical (unpaired) electrons. The summed E-state index contributed by atoms with van der Waals surface area (Å²) in [6.45, 7) is 4.14. The molecule has 1 aromatic rings. The van der Waals surface area contributed by atoms with Gasteiger partial charge >= 0.3 is 0 Å². The molecule has 0 saturated carbocycles. The molecule has 104 valence electrons. The first-order valence-electron chi connectivity index (χ1n) is 6.51. The van der Waals surface area contributed by atoms with Gasteiger partial charge in [-0.05, 0) is 25.0 Å². The highest BCUT2D eigenvalue weighted by molar-refractivity contribution is 6.01. The molecule has 1 aromatic carbocycles. The lowest BCUT2D eigenvalue weighted by Crippen LogP contribution is -2.34. The minimum Gasteiger partial charge on any atom is -0.409 e. The van der Waals surface area contributed by atoms with Crippen LogP contribution in [0.15, 0.2) is 29.4 Å². The largest absolute Gasteiger partial charge is 0.409 e. The number of amidine groups is 1. The zero-order valence-corrected chi connectivity index (χ0v) is 11.4. The van der Waals surface area contributed by atoms with Crippen LogP contribution >= 0.6 is 0 Å². The second-order valence-electron chi connectivity index (χ2n) is 4.43. The number of carbonyl (C=O) groups is 1. The topological polar surface area (TPSA) is 87.7 Å². The Kier molecular flexibility index (Phi) is 5.85. The van der Waals surface area contributed by atoms with Gasteiger partial charge in [0.1, 0.15) is 0 Å². The van der Waals surface area contributed by atoms with E-state index >= 15 is 0 Å². The van der Waals surface area contributed by atoms with Crippen LogP contribution in [-0.2, 0) is 0 Å². The number of hydrogen-bond donors (Lipinski definition) is 3. The fourth-order valence-electron chi connectivity index (χ4n) is 1.87. The van der Waals surface area contributed by atoms with Crippen molar-refractivity contribution in [1.82, 2.24) is 5.32 Å². The van der Waals surface area contributed by atoms with Crippen LogP contribution < -0.4 is 11.1 Å². The molecule has 5 nitrogen and oxygen atoms in total. The number of nitrogens with zero attached hydrogens (tertiary/aromatic N) is 1. The fraction of sp³-hybridized carbons (Fsp3) is 0.429. The van der Waals surface area contributed by atoms with Crippen LogP contribution in [-0.4, -0.2) is 23.0 Å². The normalized spacial score (nSPS) is 13.1. The third-order valence-corrected chi connectivity index (χ3v) is 2.99. The highest BCUT2D eigenvalue weighted by Gasteiger charge is 2.12. The summed E-state index contributed by atoms with van der Waals surface area (Å²) in [6, 6.07) is 6.91. The molecular formula is C14H21N3O2. The van der Waals surface area contributed by atoms with Gasteiger partial charge in [-0.2, -0.15) is 0 Å². The van der Waals surface area contributed by atoms with Crippen LogP contribution in [0, 0.1) is 0 Å². The van der Waals surface area contributed by atoms with Crippen LogP contribution in [0.2, 0.25) is 0 Å². The van der Waals surface area contributed by atoms with Gasteiger partial charge < -0.3 is 16.3 Å². The predicted octanol–water partition coefficient (Wildman–Crippen LogP) is 2.09.